The van der Waals surface area contributed by atoms with Crippen molar-refractivity contribution in [1.82, 2.24) is 0 Å². The number of carbonyl (C=O) groups is 2. The Morgan fingerprint density at radius 2 is 1.65 bits per heavy atom. The first-order chi connectivity index (χ1) is 18.0. The van der Waals surface area contributed by atoms with Crippen molar-refractivity contribution in [1.29, 1.82) is 0 Å². The first-order valence-corrected chi connectivity index (χ1v) is 11.8. The van der Waals surface area contributed by atoms with Crippen molar-refractivity contribution in [2.75, 3.05) is 18.6 Å². The number of carbonyl (C=O) groups excluding carboxylic acids is 2. The third kappa shape index (κ3) is 4.04. The highest BCUT2D eigenvalue weighted by Crippen LogP contribution is 2.46. The van der Waals surface area contributed by atoms with Gasteiger partial charge >= 0.3 is 0 Å². The third-order valence-electron chi connectivity index (χ3n) is 6.43. The molecule has 1 saturated heterocycles. The molecule has 0 radical (unpaired) electrons. The van der Waals surface area contributed by atoms with Crippen LogP contribution in [0, 0.1) is 0 Å². The number of aliphatic hydroxyl groups is 1. The number of phenolic OH excluding ortho intramolecular Hbond substituents is 1. The number of hydrogen-bond donors (Lipinski definition) is 2. The number of hydrogen-bond acceptors (Lipinski definition) is 6. The second-order valence-electron chi connectivity index (χ2n) is 8.53. The molecule has 1 aliphatic heterocycles. The van der Waals surface area contributed by atoms with E-state index >= 15 is 0 Å². The van der Waals surface area contributed by atoms with Gasteiger partial charge in [-0.2, -0.15) is 0 Å². The number of methoxy groups -OCH3 is 1. The summed E-state index contributed by atoms with van der Waals surface area (Å²) in [4.78, 5) is 28.6. The van der Waals surface area contributed by atoms with Crippen molar-refractivity contribution in [3.05, 3.63) is 102 Å². The predicted molar refractivity (Wildman–Crippen MR) is 141 cm³/mol. The number of aliphatic hydroxyl groups excluding tert-OH is 1. The number of anilines is 1. The molecule has 4 aromatic carbocycles. The summed E-state index contributed by atoms with van der Waals surface area (Å²) in [5, 5.41) is 23.5. The zero-order valence-electron chi connectivity index (χ0n) is 20.3. The Kier molecular flexibility index (Phi) is 6.27. The van der Waals surface area contributed by atoms with Gasteiger partial charge in [0.05, 0.1) is 36.6 Å². The topological polar surface area (TPSA) is 96.3 Å². The molecular weight excluding hydrogens is 470 g/mol. The molecule has 0 spiro atoms. The second-order valence-corrected chi connectivity index (χ2v) is 8.53. The maximum absolute atomic E-state index is 13.6. The number of para-hydroxylation sites is 1. The number of ether oxygens (including phenoxy) is 2. The lowest BCUT2D eigenvalue weighted by molar-refractivity contribution is -0.132. The monoisotopic (exact) mass is 495 g/mol. The first kappa shape index (κ1) is 23.9. The molecule has 0 saturated carbocycles. The van der Waals surface area contributed by atoms with Crippen LogP contribution in [0.5, 0.6) is 17.2 Å². The molecule has 186 valence electrons. The molecule has 1 amide bonds. The molecule has 0 aliphatic carbocycles. The van der Waals surface area contributed by atoms with Gasteiger partial charge in [0.1, 0.15) is 11.5 Å². The molecule has 7 nitrogen and oxygen atoms in total. The first-order valence-electron chi connectivity index (χ1n) is 11.8. The molecule has 1 unspecified atom stereocenters. The Morgan fingerprint density at radius 1 is 0.919 bits per heavy atom. The summed E-state index contributed by atoms with van der Waals surface area (Å²) in [6.45, 7) is 2.09. The molecule has 4 aromatic rings. The average molecular weight is 496 g/mol. The Balaban J connectivity index is 1.81. The number of benzene rings is 4. The van der Waals surface area contributed by atoms with Crippen molar-refractivity contribution >= 4 is 33.9 Å². The molecule has 1 atom stereocenters. The number of fused-ring (bicyclic) bond motifs is 1. The molecule has 1 heterocycles. The van der Waals surface area contributed by atoms with E-state index in [-0.39, 0.29) is 28.4 Å². The second kappa shape index (κ2) is 9.70. The van der Waals surface area contributed by atoms with Crippen molar-refractivity contribution in [2.45, 2.75) is 13.0 Å². The van der Waals surface area contributed by atoms with Crippen molar-refractivity contribution in [2.24, 2.45) is 0 Å². The normalized spacial score (nSPS) is 16.8. The predicted octanol–water partition coefficient (Wildman–Crippen LogP) is 5.58. The Labute approximate surface area is 213 Å². The number of Topliss-reactive ketones (excluding diaryl/α,β-unsaturated/α-hetero) is 1. The van der Waals surface area contributed by atoms with Crippen LogP contribution in [0.2, 0.25) is 0 Å². The van der Waals surface area contributed by atoms with Gasteiger partial charge in [0.2, 0.25) is 0 Å². The summed E-state index contributed by atoms with van der Waals surface area (Å²) in [6, 6.07) is 23.5. The molecule has 37 heavy (non-hydrogen) atoms. The molecule has 5 rings (SSSR count). The van der Waals surface area contributed by atoms with E-state index in [4.69, 9.17) is 9.47 Å². The molecule has 1 aliphatic rings. The third-order valence-corrected chi connectivity index (χ3v) is 6.43. The fourth-order valence-corrected chi connectivity index (χ4v) is 4.77. The number of ketones is 1. The smallest absolute Gasteiger partial charge is 0.300 e. The molecular formula is C30H25NO6. The van der Waals surface area contributed by atoms with Crippen LogP contribution in [-0.2, 0) is 9.59 Å². The average Bonchev–Trinajstić information content (AvgIpc) is 3.19. The number of nitrogens with zero attached hydrogens (tertiary/aromatic N) is 1. The van der Waals surface area contributed by atoms with Gasteiger partial charge in [-0.05, 0) is 48.2 Å². The number of phenols is 1. The highest BCUT2D eigenvalue weighted by molar-refractivity contribution is 6.52. The Bertz CT molecular complexity index is 1550. The van der Waals surface area contributed by atoms with E-state index in [1.54, 1.807) is 49.4 Å². The number of amides is 1. The summed E-state index contributed by atoms with van der Waals surface area (Å²) in [6.07, 6.45) is 0. The molecule has 0 bridgehead atoms. The van der Waals surface area contributed by atoms with E-state index < -0.39 is 17.7 Å². The van der Waals surface area contributed by atoms with Gasteiger partial charge in [0, 0.05) is 5.39 Å². The Hall–Kier alpha value is -4.78. The van der Waals surface area contributed by atoms with Crippen LogP contribution in [0.15, 0.2) is 90.5 Å². The molecule has 1 fully saturated rings. The van der Waals surface area contributed by atoms with Crippen LogP contribution < -0.4 is 14.4 Å². The van der Waals surface area contributed by atoms with Crippen molar-refractivity contribution < 1.29 is 29.3 Å². The van der Waals surface area contributed by atoms with Gasteiger partial charge in [-0.1, -0.05) is 54.6 Å². The quantitative estimate of drug-likeness (QED) is 0.206. The zero-order valence-corrected chi connectivity index (χ0v) is 20.3. The van der Waals surface area contributed by atoms with Gasteiger partial charge < -0.3 is 19.7 Å². The molecule has 0 aromatic heterocycles. The zero-order chi connectivity index (χ0) is 26.1. The van der Waals surface area contributed by atoms with Crippen LogP contribution in [-0.4, -0.2) is 35.6 Å². The highest BCUT2D eigenvalue weighted by Gasteiger charge is 2.47. The minimum Gasteiger partial charge on any atom is -0.507 e. The number of aromatic hydroxyl groups is 1. The fourth-order valence-electron chi connectivity index (χ4n) is 4.77. The van der Waals surface area contributed by atoms with Crippen LogP contribution >= 0.6 is 0 Å². The van der Waals surface area contributed by atoms with Gasteiger partial charge in [-0.25, -0.2) is 0 Å². The lowest BCUT2D eigenvalue weighted by Gasteiger charge is -2.27. The van der Waals surface area contributed by atoms with Crippen LogP contribution in [0.25, 0.3) is 16.5 Å². The molecule has 2 N–H and O–H groups in total. The van der Waals surface area contributed by atoms with Gasteiger partial charge in [0.25, 0.3) is 11.7 Å². The van der Waals surface area contributed by atoms with Gasteiger partial charge in [0.15, 0.2) is 11.5 Å². The summed E-state index contributed by atoms with van der Waals surface area (Å²) in [7, 11) is 1.46. The van der Waals surface area contributed by atoms with E-state index in [1.807, 2.05) is 36.4 Å². The van der Waals surface area contributed by atoms with Gasteiger partial charge in [-0.3, -0.25) is 14.5 Å². The number of rotatable bonds is 6. The maximum atomic E-state index is 13.6. The highest BCUT2D eigenvalue weighted by atomic mass is 16.5. The van der Waals surface area contributed by atoms with Crippen molar-refractivity contribution in [3.8, 4) is 17.2 Å². The van der Waals surface area contributed by atoms with E-state index in [1.165, 1.54) is 18.1 Å². The summed E-state index contributed by atoms with van der Waals surface area (Å²) >= 11 is 0. The summed E-state index contributed by atoms with van der Waals surface area (Å²) < 4.78 is 11.0. The van der Waals surface area contributed by atoms with E-state index in [9.17, 15) is 19.8 Å². The fraction of sp³-hybridized carbons (Fsp3) is 0.133. The standard InChI is InChI=1S/C30H25NO6/c1-3-37-25-17-19(15-16-23(25)32)27-26(28(33)21-12-6-7-14-24(21)36-2)29(34)30(35)31(27)22-13-8-10-18-9-4-5-11-20(18)22/h4-17,27,32-33H,3H2,1-2H3/b28-26+. The van der Waals surface area contributed by atoms with Crippen LogP contribution in [0.3, 0.4) is 0 Å². The summed E-state index contributed by atoms with van der Waals surface area (Å²) in [5.41, 5.74) is 1.21. The lowest BCUT2D eigenvalue weighted by atomic mass is 9.94. The van der Waals surface area contributed by atoms with Crippen LogP contribution in [0.4, 0.5) is 5.69 Å². The lowest BCUT2D eigenvalue weighted by Crippen LogP contribution is -2.29. The molecule has 7 heteroatoms. The SMILES string of the molecule is CCOc1cc(C2/C(=C(\O)c3ccccc3OC)C(=O)C(=O)N2c2cccc3ccccc23)ccc1O. The van der Waals surface area contributed by atoms with E-state index in [0.29, 0.717) is 23.6 Å². The minimum absolute atomic E-state index is 0.0718. The van der Waals surface area contributed by atoms with E-state index in [0.717, 1.165) is 10.8 Å². The minimum atomic E-state index is -0.990. The Morgan fingerprint density at radius 3 is 2.43 bits per heavy atom. The largest absolute Gasteiger partial charge is 0.507 e. The maximum Gasteiger partial charge on any atom is 0.300 e. The summed E-state index contributed by atoms with van der Waals surface area (Å²) in [5.74, 6) is -1.46. The van der Waals surface area contributed by atoms with Crippen LogP contribution in [0.1, 0.15) is 24.1 Å². The van der Waals surface area contributed by atoms with Gasteiger partial charge in [-0.15, -0.1) is 0 Å². The van der Waals surface area contributed by atoms with Crippen molar-refractivity contribution in [3.63, 3.8) is 0 Å². The van der Waals surface area contributed by atoms with E-state index in [2.05, 4.69) is 0 Å².